The first-order valence-electron chi connectivity index (χ1n) is 20.1. The molecule has 0 bridgehead atoms. The molecule has 0 aliphatic rings. The average Bonchev–Trinajstić information content (AvgIpc) is 3.23. The number of halogens is 19. The van der Waals surface area contributed by atoms with Crippen LogP contribution in [0.2, 0.25) is 17.1 Å². The maximum atomic E-state index is 15.0. The summed E-state index contributed by atoms with van der Waals surface area (Å²) in [6, 6.07) is 6.46. The third-order valence-corrected chi connectivity index (χ3v) is 16.5. The van der Waals surface area contributed by atoms with Crippen molar-refractivity contribution in [3.63, 3.8) is 0 Å². The molecule has 3 N–H and O–H groups in total. The Labute approximate surface area is 382 Å². The minimum Gasteiger partial charge on any atom is -0.491 e. The zero-order valence-electron chi connectivity index (χ0n) is 36.6. The van der Waals surface area contributed by atoms with Crippen molar-refractivity contribution >= 4 is 26.0 Å². The number of hydrogen-bond acceptors (Lipinski definition) is 6. The molecule has 2 rings (SSSR count). The van der Waals surface area contributed by atoms with E-state index in [1.807, 2.05) is 0 Å². The fourth-order valence-electron chi connectivity index (χ4n) is 6.72. The van der Waals surface area contributed by atoms with Crippen LogP contribution in [0, 0.1) is 17.6 Å². The second-order valence-electron chi connectivity index (χ2n) is 16.1. The molecule has 0 saturated carbocycles. The highest BCUT2D eigenvalue weighted by Crippen LogP contribution is 2.64. The Morgan fingerprint density at radius 3 is 1.71 bits per heavy atom. The zero-order valence-corrected chi connectivity index (χ0v) is 37.6. The Hall–Kier alpha value is -4.73. The van der Waals surface area contributed by atoms with Crippen molar-refractivity contribution in [3.8, 4) is 5.75 Å². The fourth-order valence-corrected chi connectivity index (χ4v) is 11.2. The Morgan fingerprint density at radius 1 is 0.696 bits per heavy atom. The van der Waals surface area contributed by atoms with Crippen LogP contribution in [0.25, 0.3) is 0 Å². The van der Waals surface area contributed by atoms with E-state index in [0.717, 1.165) is 18.2 Å². The number of hydroxylamine groups is 1. The van der Waals surface area contributed by atoms with Crippen molar-refractivity contribution in [2.75, 3.05) is 18.5 Å². The summed E-state index contributed by atoms with van der Waals surface area (Å²) in [6.45, 7) is 5.77. The van der Waals surface area contributed by atoms with E-state index in [4.69, 9.17) is 19.1 Å². The van der Waals surface area contributed by atoms with E-state index in [0.29, 0.717) is 24.5 Å². The van der Waals surface area contributed by atoms with Gasteiger partial charge in [-0.3, -0.25) is 15.3 Å². The summed E-state index contributed by atoms with van der Waals surface area (Å²) in [5, 5.41) is 10.7. The number of ether oxygens (including phenoxy) is 2. The number of allylic oxidation sites excluding steroid dienone is 3. The Morgan fingerprint density at radius 2 is 1.22 bits per heavy atom. The molecule has 0 aliphatic heterocycles. The summed E-state index contributed by atoms with van der Waals surface area (Å²) in [5.74, 6) is -60.3. The molecular formula is C41H45F19N2O6Si. The first-order chi connectivity index (χ1) is 31.3. The van der Waals surface area contributed by atoms with Crippen LogP contribution >= 0.6 is 0 Å². The zero-order chi connectivity index (χ0) is 53.4. The van der Waals surface area contributed by atoms with Crippen molar-refractivity contribution < 1.29 is 112 Å². The van der Waals surface area contributed by atoms with Gasteiger partial charge in [-0.2, -0.15) is 74.6 Å². The molecule has 2 aromatic rings. The van der Waals surface area contributed by atoms with E-state index < -0.39 is 134 Å². The summed E-state index contributed by atoms with van der Waals surface area (Å²) in [7, 11) is -4.06. The molecule has 0 spiro atoms. The number of hydrogen-bond donors (Lipinski definition) is 3. The molecule has 2 aromatic carbocycles. The predicted molar refractivity (Wildman–Crippen MR) is 210 cm³/mol. The van der Waals surface area contributed by atoms with E-state index >= 15 is 8.78 Å². The van der Waals surface area contributed by atoms with Gasteiger partial charge in [0.15, 0.2) is 8.32 Å². The van der Waals surface area contributed by atoms with E-state index in [9.17, 15) is 84.2 Å². The molecule has 2 atom stereocenters. The number of anilines is 1. The average molecular weight is 1050 g/mol. The van der Waals surface area contributed by atoms with Crippen LogP contribution in [0.3, 0.4) is 0 Å². The normalized spacial score (nSPS) is 15.0. The summed E-state index contributed by atoms with van der Waals surface area (Å²) >= 11 is 0. The molecule has 0 radical (unpaired) electrons. The van der Waals surface area contributed by atoms with Gasteiger partial charge in [0.1, 0.15) is 30.1 Å². The monoisotopic (exact) mass is 1050 g/mol. The quantitative estimate of drug-likeness (QED) is 0.0174. The molecule has 0 fully saturated rings. The number of nitrogens with one attached hydrogen (secondary N) is 2. The van der Waals surface area contributed by atoms with Gasteiger partial charge in [-0.1, -0.05) is 65.0 Å². The fraction of sp³-hybridized carbons (Fsp3) is 0.561. The van der Waals surface area contributed by atoms with Crippen LogP contribution in [-0.4, -0.2) is 86.4 Å². The SMILES string of the molecule is CC(C)[Si](CCC(F)(F)C(F)(F)C(F)(F)C(F)(F)C(F)(F)C(F)(F)C(F)(F)C(F)(F)F)(OCCOc1ccc([C@H](OC(=O)Nc2ccc(F)cc2F)[C@H](C)CC/C=C/C=C/C(=O)NO)cc1)C(C)C. The molecule has 69 heavy (non-hydrogen) atoms. The van der Waals surface area contributed by atoms with Gasteiger partial charge in [-0.15, -0.1) is 0 Å². The lowest BCUT2D eigenvalue weighted by Crippen LogP contribution is -2.74. The van der Waals surface area contributed by atoms with Crippen LogP contribution in [0.5, 0.6) is 5.75 Å². The number of alkyl halides is 17. The van der Waals surface area contributed by atoms with Crippen LogP contribution < -0.4 is 15.5 Å². The van der Waals surface area contributed by atoms with E-state index in [2.05, 4.69) is 5.32 Å². The smallest absolute Gasteiger partial charge is 0.460 e. The van der Waals surface area contributed by atoms with Crippen molar-refractivity contribution in [2.45, 2.75) is 125 Å². The molecule has 8 nitrogen and oxygen atoms in total. The summed E-state index contributed by atoms with van der Waals surface area (Å²) in [6.07, 6.45) is -6.54. The third-order valence-electron chi connectivity index (χ3n) is 10.8. The summed E-state index contributed by atoms with van der Waals surface area (Å²) in [4.78, 5) is 24.0. The van der Waals surface area contributed by atoms with Gasteiger partial charge >= 0.3 is 53.7 Å². The third kappa shape index (κ3) is 13.0. The maximum Gasteiger partial charge on any atom is 0.460 e. The van der Waals surface area contributed by atoms with Crippen molar-refractivity contribution in [1.29, 1.82) is 0 Å². The van der Waals surface area contributed by atoms with Gasteiger partial charge in [0.05, 0.1) is 12.3 Å². The minimum absolute atomic E-state index is 0.0549. The number of carbonyl (C=O) groups excluding carboxylic acids is 2. The number of carbonyl (C=O) groups is 2. The lowest BCUT2D eigenvalue weighted by Gasteiger charge is -2.44. The van der Waals surface area contributed by atoms with Gasteiger partial charge in [0.25, 0.3) is 5.91 Å². The molecule has 0 heterocycles. The van der Waals surface area contributed by atoms with Gasteiger partial charge in [0.2, 0.25) is 0 Å². The molecule has 2 amide bonds. The molecule has 0 aromatic heterocycles. The highest BCUT2D eigenvalue weighted by molar-refractivity contribution is 6.76. The maximum absolute atomic E-state index is 15.0. The van der Waals surface area contributed by atoms with Crippen LogP contribution in [-0.2, 0) is 14.0 Å². The minimum atomic E-state index is -8.72. The van der Waals surface area contributed by atoms with E-state index in [1.165, 1.54) is 69.6 Å². The van der Waals surface area contributed by atoms with Gasteiger partial charge in [-0.05, 0) is 65.7 Å². The highest BCUT2D eigenvalue weighted by Gasteiger charge is 2.95. The number of rotatable bonds is 25. The standard InChI is InChI=1S/C41H45F19N2O6Si/c1-23(2)69(24(3)4,21-18-34(44,45)35(46,47)36(48,49)37(50,51)38(52,53)39(54,55)40(56,57)41(58,59)60)67-20-19-66-28-15-12-26(13-16-28)32(25(5)10-8-6-7-9-11-31(63)62-65)68-33(64)61-30-17-14-27(42)22-29(30)43/h6-7,9,11-17,22-25,32,65H,8,10,18-21H2,1-5H3,(H,61,64)(H,62,63)/b7-6+,11-9+/t25-,32-/m1/s1. The Balaban J connectivity index is 2.30. The first kappa shape index (κ1) is 60.4. The second-order valence-corrected chi connectivity index (χ2v) is 21.1. The summed E-state index contributed by atoms with van der Waals surface area (Å²) < 4.78 is 281. The highest BCUT2D eigenvalue weighted by atomic mass is 28.4. The van der Waals surface area contributed by atoms with Crippen molar-refractivity contribution in [3.05, 3.63) is 84.0 Å². The predicted octanol–water partition coefficient (Wildman–Crippen LogP) is 13.8. The van der Waals surface area contributed by atoms with Crippen LogP contribution in [0.4, 0.5) is 93.9 Å². The van der Waals surface area contributed by atoms with Crippen LogP contribution in [0.15, 0.2) is 66.8 Å². The molecular weight excluding hydrogens is 1010 g/mol. The topological polar surface area (TPSA) is 106 Å². The first-order valence-corrected chi connectivity index (χ1v) is 22.4. The van der Waals surface area contributed by atoms with Crippen molar-refractivity contribution in [2.24, 2.45) is 5.92 Å². The molecule has 0 saturated heterocycles. The lowest BCUT2D eigenvalue weighted by atomic mass is 9.88. The summed E-state index contributed by atoms with van der Waals surface area (Å²) in [5.41, 5.74) is -0.548. The van der Waals surface area contributed by atoms with Crippen molar-refractivity contribution in [1.82, 2.24) is 5.48 Å². The molecule has 28 heteroatoms. The number of amides is 2. The van der Waals surface area contributed by atoms with E-state index in [-0.39, 0.29) is 5.75 Å². The number of benzene rings is 2. The Kier molecular flexibility index (Phi) is 19.7. The second kappa shape index (κ2) is 22.6. The molecule has 392 valence electrons. The van der Waals surface area contributed by atoms with Gasteiger partial charge in [0, 0.05) is 18.6 Å². The molecule has 0 aliphatic carbocycles. The Bertz CT molecular complexity index is 2080. The van der Waals surface area contributed by atoms with Gasteiger partial charge in [-0.25, -0.2) is 19.1 Å². The van der Waals surface area contributed by atoms with E-state index in [1.54, 1.807) is 13.0 Å². The van der Waals surface area contributed by atoms with Crippen LogP contribution in [0.1, 0.15) is 65.5 Å². The lowest BCUT2D eigenvalue weighted by molar-refractivity contribution is -0.461. The molecule has 0 unspecified atom stereocenters. The van der Waals surface area contributed by atoms with Gasteiger partial charge < -0.3 is 13.9 Å². The largest absolute Gasteiger partial charge is 0.491 e.